The molecule has 5 atom stereocenters. The molecule has 1 N–H and O–H groups in total. The van der Waals surface area contributed by atoms with Crippen LogP contribution < -0.4 is 0 Å². The van der Waals surface area contributed by atoms with E-state index in [1.807, 2.05) is 6.92 Å². The molecule has 0 aliphatic heterocycles. The third-order valence-electron chi connectivity index (χ3n) is 5.31. The Balaban J connectivity index is 2.82. The molecule has 0 heterocycles. The van der Waals surface area contributed by atoms with Crippen molar-refractivity contribution in [3.63, 3.8) is 0 Å². The SMILES string of the molecule is CC(O)C(C)C1CCC(C)C(C)C1(C)C. The molecular formula is C14H28O. The minimum atomic E-state index is -0.171. The van der Waals surface area contributed by atoms with Crippen molar-refractivity contribution in [2.75, 3.05) is 0 Å². The van der Waals surface area contributed by atoms with Crippen molar-refractivity contribution in [2.45, 2.75) is 60.5 Å². The summed E-state index contributed by atoms with van der Waals surface area (Å²) in [5, 5.41) is 9.76. The third kappa shape index (κ3) is 2.38. The molecule has 0 aromatic heterocycles. The van der Waals surface area contributed by atoms with E-state index in [0.29, 0.717) is 17.3 Å². The van der Waals surface area contributed by atoms with E-state index in [2.05, 4.69) is 34.6 Å². The fourth-order valence-electron chi connectivity index (χ4n) is 3.41. The zero-order valence-corrected chi connectivity index (χ0v) is 11.2. The second kappa shape index (κ2) is 4.45. The Morgan fingerprint density at radius 3 is 2.13 bits per heavy atom. The van der Waals surface area contributed by atoms with E-state index in [1.165, 1.54) is 12.8 Å². The van der Waals surface area contributed by atoms with Gasteiger partial charge >= 0.3 is 0 Å². The van der Waals surface area contributed by atoms with E-state index in [1.54, 1.807) is 0 Å². The first-order valence-corrected chi connectivity index (χ1v) is 6.46. The molecule has 0 spiro atoms. The van der Waals surface area contributed by atoms with Crippen molar-refractivity contribution >= 4 is 0 Å². The number of rotatable bonds is 2. The highest BCUT2D eigenvalue weighted by Crippen LogP contribution is 2.50. The van der Waals surface area contributed by atoms with Crippen molar-refractivity contribution in [3.05, 3.63) is 0 Å². The van der Waals surface area contributed by atoms with Gasteiger partial charge in [-0.2, -0.15) is 0 Å². The molecule has 0 amide bonds. The normalized spacial score (nSPS) is 39.8. The molecule has 1 rings (SSSR count). The molecule has 0 saturated heterocycles. The summed E-state index contributed by atoms with van der Waals surface area (Å²) in [4.78, 5) is 0. The van der Waals surface area contributed by atoms with Crippen LogP contribution >= 0.6 is 0 Å². The highest BCUT2D eigenvalue weighted by Gasteiger charge is 2.44. The van der Waals surface area contributed by atoms with Gasteiger partial charge in [-0.05, 0) is 42.4 Å². The van der Waals surface area contributed by atoms with E-state index < -0.39 is 0 Å². The molecule has 0 aromatic rings. The fourth-order valence-corrected chi connectivity index (χ4v) is 3.41. The molecule has 5 unspecified atom stereocenters. The van der Waals surface area contributed by atoms with Crippen molar-refractivity contribution in [1.82, 2.24) is 0 Å². The maximum atomic E-state index is 9.76. The summed E-state index contributed by atoms with van der Waals surface area (Å²) in [6.45, 7) is 13.7. The predicted molar refractivity (Wildman–Crippen MR) is 65.7 cm³/mol. The summed E-state index contributed by atoms with van der Waals surface area (Å²) >= 11 is 0. The van der Waals surface area contributed by atoms with Crippen LogP contribution in [0.3, 0.4) is 0 Å². The van der Waals surface area contributed by atoms with E-state index in [0.717, 1.165) is 11.8 Å². The van der Waals surface area contributed by atoms with Gasteiger partial charge in [-0.15, -0.1) is 0 Å². The summed E-state index contributed by atoms with van der Waals surface area (Å²) in [6.07, 6.45) is 2.44. The van der Waals surface area contributed by atoms with Gasteiger partial charge in [0.1, 0.15) is 0 Å². The minimum absolute atomic E-state index is 0.171. The Morgan fingerprint density at radius 1 is 1.13 bits per heavy atom. The largest absolute Gasteiger partial charge is 0.393 e. The zero-order valence-electron chi connectivity index (χ0n) is 11.2. The number of hydrogen-bond acceptors (Lipinski definition) is 1. The molecule has 0 radical (unpaired) electrons. The van der Waals surface area contributed by atoms with Gasteiger partial charge < -0.3 is 5.11 Å². The first-order chi connectivity index (χ1) is 6.78. The van der Waals surface area contributed by atoms with Crippen LogP contribution in [0.2, 0.25) is 0 Å². The first kappa shape index (κ1) is 13.0. The van der Waals surface area contributed by atoms with Crippen LogP contribution in [0, 0.1) is 29.1 Å². The Kier molecular flexibility index (Phi) is 3.86. The van der Waals surface area contributed by atoms with Gasteiger partial charge in [0, 0.05) is 0 Å². The summed E-state index contributed by atoms with van der Waals surface area (Å²) in [5.74, 6) is 2.69. The minimum Gasteiger partial charge on any atom is -0.393 e. The third-order valence-corrected chi connectivity index (χ3v) is 5.31. The van der Waals surface area contributed by atoms with E-state index in [-0.39, 0.29) is 6.10 Å². The molecule has 90 valence electrons. The summed E-state index contributed by atoms with van der Waals surface area (Å²) in [5.41, 5.74) is 0.369. The smallest absolute Gasteiger partial charge is 0.0540 e. The van der Waals surface area contributed by atoms with Gasteiger partial charge in [0.15, 0.2) is 0 Å². The van der Waals surface area contributed by atoms with Crippen LogP contribution in [-0.2, 0) is 0 Å². The topological polar surface area (TPSA) is 20.2 Å². The first-order valence-electron chi connectivity index (χ1n) is 6.46. The Morgan fingerprint density at radius 2 is 1.67 bits per heavy atom. The number of aliphatic hydroxyl groups excluding tert-OH is 1. The second-order valence-electron chi connectivity index (χ2n) is 6.37. The lowest BCUT2D eigenvalue weighted by molar-refractivity contribution is -0.0345. The van der Waals surface area contributed by atoms with Crippen LogP contribution in [0.4, 0.5) is 0 Å². The zero-order chi connectivity index (χ0) is 11.8. The second-order valence-corrected chi connectivity index (χ2v) is 6.37. The maximum absolute atomic E-state index is 9.76. The fraction of sp³-hybridized carbons (Fsp3) is 1.00. The van der Waals surface area contributed by atoms with Gasteiger partial charge in [0.05, 0.1) is 6.10 Å². The summed E-state index contributed by atoms with van der Waals surface area (Å²) in [6, 6.07) is 0. The highest BCUT2D eigenvalue weighted by atomic mass is 16.3. The molecule has 0 bridgehead atoms. The maximum Gasteiger partial charge on any atom is 0.0540 e. The van der Waals surface area contributed by atoms with Crippen LogP contribution in [0.25, 0.3) is 0 Å². The highest BCUT2D eigenvalue weighted by molar-refractivity contribution is 4.93. The van der Waals surface area contributed by atoms with Crippen LogP contribution in [-0.4, -0.2) is 11.2 Å². The van der Waals surface area contributed by atoms with Crippen molar-refractivity contribution in [3.8, 4) is 0 Å². The van der Waals surface area contributed by atoms with Crippen LogP contribution in [0.5, 0.6) is 0 Å². The molecule has 1 aliphatic carbocycles. The van der Waals surface area contributed by atoms with Gasteiger partial charge in [-0.1, -0.05) is 41.0 Å². The predicted octanol–water partition coefficient (Wildman–Crippen LogP) is 3.71. The van der Waals surface area contributed by atoms with Crippen molar-refractivity contribution in [1.29, 1.82) is 0 Å². The molecular weight excluding hydrogens is 184 g/mol. The Hall–Kier alpha value is -0.0400. The lowest BCUT2D eigenvalue weighted by Crippen LogP contribution is -2.44. The molecule has 15 heavy (non-hydrogen) atoms. The Bertz CT molecular complexity index is 207. The number of aliphatic hydroxyl groups is 1. The monoisotopic (exact) mass is 212 g/mol. The molecule has 1 heteroatoms. The van der Waals surface area contributed by atoms with Crippen LogP contribution in [0.1, 0.15) is 54.4 Å². The van der Waals surface area contributed by atoms with E-state index in [4.69, 9.17) is 0 Å². The van der Waals surface area contributed by atoms with Crippen LogP contribution in [0.15, 0.2) is 0 Å². The quantitative estimate of drug-likeness (QED) is 0.740. The molecule has 1 aliphatic rings. The lowest BCUT2D eigenvalue weighted by Gasteiger charge is -2.50. The lowest BCUT2D eigenvalue weighted by atomic mass is 9.56. The van der Waals surface area contributed by atoms with Crippen molar-refractivity contribution in [2.24, 2.45) is 29.1 Å². The number of hydrogen-bond donors (Lipinski definition) is 1. The summed E-state index contributed by atoms with van der Waals surface area (Å²) in [7, 11) is 0. The average molecular weight is 212 g/mol. The Labute approximate surface area is 95.3 Å². The van der Waals surface area contributed by atoms with Crippen molar-refractivity contribution < 1.29 is 5.11 Å². The summed E-state index contributed by atoms with van der Waals surface area (Å²) < 4.78 is 0. The molecule has 1 nitrogen and oxygen atoms in total. The van der Waals surface area contributed by atoms with Gasteiger partial charge in [-0.3, -0.25) is 0 Å². The van der Waals surface area contributed by atoms with Gasteiger partial charge in [0.2, 0.25) is 0 Å². The molecule has 1 saturated carbocycles. The van der Waals surface area contributed by atoms with Gasteiger partial charge in [-0.25, -0.2) is 0 Å². The molecule has 0 aromatic carbocycles. The van der Waals surface area contributed by atoms with E-state index in [9.17, 15) is 5.11 Å². The average Bonchev–Trinajstić information content (AvgIpc) is 2.13. The van der Waals surface area contributed by atoms with E-state index >= 15 is 0 Å². The molecule has 1 fully saturated rings. The standard InChI is InChI=1S/C14H28O/c1-9-7-8-13(10(2)12(4)15)14(5,6)11(9)3/h9-13,15H,7-8H2,1-6H3. The van der Waals surface area contributed by atoms with Gasteiger partial charge in [0.25, 0.3) is 0 Å².